The Morgan fingerprint density at radius 3 is 2.03 bits per heavy atom. The fraction of sp³-hybridized carbons (Fsp3) is 0.300. The van der Waals surface area contributed by atoms with Crippen LogP contribution < -0.4 is 24.3 Å². The molecule has 0 saturated heterocycles. The van der Waals surface area contributed by atoms with E-state index in [9.17, 15) is 9.59 Å². The third-order valence-electron chi connectivity index (χ3n) is 4.07. The first-order valence-corrected chi connectivity index (χ1v) is 9.56. The lowest BCUT2D eigenvalue weighted by Crippen LogP contribution is -2.31. The normalized spacial score (nSPS) is 11.7. The number of nitrogens with zero attached hydrogens (tertiary/aromatic N) is 2. The van der Waals surface area contributed by atoms with Gasteiger partial charge in [0.15, 0.2) is 28.8 Å². The van der Waals surface area contributed by atoms with E-state index in [1.807, 2.05) is 0 Å². The van der Waals surface area contributed by atoms with E-state index in [1.54, 1.807) is 0 Å². The molecule has 9 nitrogen and oxygen atoms in total. The first kappa shape index (κ1) is 24.2. The standard InChI is InChI=1S/C20H21Cl2N3O6/c1-10(26)18(25-24-11-6-13(22)19(31-5)17(7-11)30-4)20(27)23-14-9-16(29-3)15(28-2)8-12(14)21/h6-9,18H,1-5H3,(H,23,27). The molecule has 2 rings (SSSR count). The van der Waals surface area contributed by atoms with Gasteiger partial charge in [-0.15, -0.1) is 0 Å². The molecule has 0 aliphatic rings. The van der Waals surface area contributed by atoms with Crippen LogP contribution in [0, 0.1) is 0 Å². The molecule has 1 N–H and O–H groups in total. The topological polar surface area (TPSA) is 108 Å². The summed E-state index contributed by atoms with van der Waals surface area (Å²) < 4.78 is 20.7. The lowest BCUT2D eigenvalue weighted by Gasteiger charge is -2.14. The first-order chi connectivity index (χ1) is 14.7. The highest BCUT2D eigenvalue weighted by atomic mass is 35.5. The fourth-order valence-electron chi connectivity index (χ4n) is 2.56. The number of ether oxygens (including phenoxy) is 4. The third kappa shape index (κ3) is 5.77. The van der Waals surface area contributed by atoms with E-state index < -0.39 is 17.7 Å². The minimum atomic E-state index is -1.42. The lowest BCUT2D eigenvalue weighted by molar-refractivity contribution is -0.126. The zero-order valence-corrected chi connectivity index (χ0v) is 19.0. The maximum Gasteiger partial charge on any atom is 0.258 e. The molecule has 1 amide bonds. The highest BCUT2D eigenvalue weighted by molar-refractivity contribution is 6.34. The van der Waals surface area contributed by atoms with Gasteiger partial charge >= 0.3 is 0 Å². The van der Waals surface area contributed by atoms with Crippen LogP contribution in [0.15, 0.2) is 34.5 Å². The van der Waals surface area contributed by atoms with Crippen LogP contribution in [-0.4, -0.2) is 46.2 Å². The van der Waals surface area contributed by atoms with Gasteiger partial charge in [0.2, 0.25) is 6.04 Å². The summed E-state index contributed by atoms with van der Waals surface area (Å²) in [6, 6.07) is 4.50. The Morgan fingerprint density at radius 2 is 1.48 bits per heavy atom. The van der Waals surface area contributed by atoms with Crippen molar-refractivity contribution in [3.63, 3.8) is 0 Å². The number of hydrogen-bond donors (Lipinski definition) is 1. The van der Waals surface area contributed by atoms with Crippen LogP contribution in [0.3, 0.4) is 0 Å². The molecular formula is C20H21Cl2N3O6. The molecule has 0 aliphatic carbocycles. The average molecular weight is 470 g/mol. The molecule has 0 bridgehead atoms. The van der Waals surface area contributed by atoms with Gasteiger partial charge < -0.3 is 24.3 Å². The second kappa shape index (κ2) is 10.8. The Morgan fingerprint density at radius 1 is 0.871 bits per heavy atom. The minimum Gasteiger partial charge on any atom is -0.493 e. The number of anilines is 1. The van der Waals surface area contributed by atoms with Crippen LogP contribution in [0.2, 0.25) is 10.0 Å². The zero-order chi connectivity index (χ0) is 23.1. The van der Waals surface area contributed by atoms with Gasteiger partial charge in [0, 0.05) is 18.2 Å². The second-order valence-corrected chi connectivity index (χ2v) is 6.88. The number of amides is 1. The molecule has 31 heavy (non-hydrogen) atoms. The third-order valence-corrected chi connectivity index (χ3v) is 4.66. The number of nitrogens with one attached hydrogen (secondary N) is 1. The number of methoxy groups -OCH3 is 4. The van der Waals surface area contributed by atoms with E-state index in [0.29, 0.717) is 23.0 Å². The van der Waals surface area contributed by atoms with Gasteiger partial charge in [0.25, 0.3) is 5.91 Å². The number of carbonyl (C=O) groups excluding carboxylic acids is 2. The van der Waals surface area contributed by atoms with E-state index in [2.05, 4.69) is 15.5 Å². The van der Waals surface area contributed by atoms with E-state index in [-0.39, 0.29) is 21.4 Å². The van der Waals surface area contributed by atoms with Gasteiger partial charge in [-0.25, -0.2) is 0 Å². The minimum absolute atomic E-state index is 0.192. The summed E-state index contributed by atoms with van der Waals surface area (Å²) in [6.45, 7) is 1.22. The van der Waals surface area contributed by atoms with Gasteiger partial charge in [-0.3, -0.25) is 9.59 Å². The van der Waals surface area contributed by atoms with Crippen molar-refractivity contribution in [3.05, 3.63) is 34.3 Å². The molecule has 0 fully saturated rings. The summed E-state index contributed by atoms with van der Waals surface area (Å²) in [5, 5.41) is 10.8. The second-order valence-electron chi connectivity index (χ2n) is 6.07. The number of Topliss-reactive ketones (excluding diaryl/α,β-unsaturated/α-hetero) is 1. The van der Waals surface area contributed by atoms with Gasteiger partial charge in [-0.05, 0) is 13.0 Å². The van der Waals surface area contributed by atoms with Gasteiger partial charge in [0.1, 0.15) is 0 Å². The monoisotopic (exact) mass is 469 g/mol. The maximum atomic E-state index is 12.7. The van der Waals surface area contributed by atoms with Crippen molar-refractivity contribution < 1.29 is 28.5 Å². The van der Waals surface area contributed by atoms with E-state index in [0.717, 1.165) is 0 Å². The lowest BCUT2D eigenvalue weighted by atomic mass is 10.2. The van der Waals surface area contributed by atoms with Crippen molar-refractivity contribution in [3.8, 4) is 23.0 Å². The van der Waals surface area contributed by atoms with Crippen LogP contribution in [0.25, 0.3) is 0 Å². The predicted molar refractivity (Wildman–Crippen MR) is 117 cm³/mol. The molecule has 2 aromatic rings. The number of carbonyl (C=O) groups is 2. The Labute approximate surface area is 189 Å². The summed E-state index contributed by atoms with van der Waals surface area (Å²) in [6.07, 6.45) is 0. The molecule has 0 heterocycles. The maximum absolute atomic E-state index is 12.7. The van der Waals surface area contributed by atoms with Gasteiger partial charge in [-0.2, -0.15) is 10.2 Å². The number of rotatable bonds is 9. The average Bonchev–Trinajstić information content (AvgIpc) is 2.74. The Bertz CT molecular complexity index is 1010. The molecule has 1 unspecified atom stereocenters. The van der Waals surface area contributed by atoms with Crippen LogP contribution in [0.1, 0.15) is 6.92 Å². The predicted octanol–water partition coefficient (Wildman–Crippen LogP) is 4.71. The van der Waals surface area contributed by atoms with Crippen molar-refractivity contribution >= 4 is 46.3 Å². The van der Waals surface area contributed by atoms with E-state index in [1.165, 1.54) is 59.6 Å². The molecular weight excluding hydrogens is 449 g/mol. The molecule has 166 valence electrons. The molecule has 0 aromatic heterocycles. The SMILES string of the molecule is COc1cc(Cl)c(NC(=O)C(N=Nc2cc(Cl)c(OC)c(OC)c2)C(C)=O)cc1OC. The number of halogens is 2. The van der Waals surface area contributed by atoms with Gasteiger partial charge in [0.05, 0.1) is 49.9 Å². The summed E-state index contributed by atoms with van der Waals surface area (Å²) in [5.41, 5.74) is 0.491. The van der Waals surface area contributed by atoms with Crippen molar-refractivity contribution in [1.29, 1.82) is 0 Å². The summed E-state index contributed by atoms with van der Waals surface area (Å²) in [5.74, 6) is 0.139. The molecule has 0 aliphatic heterocycles. The smallest absolute Gasteiger partial charge is 0.258 e. The zero-order valence-electron chi connectivity index (χ0n) is 17.5. The summed E-state index contributed by atoms with van der Waals surface area (Å²) in [4.78, 5) is 24.7. The largest absolute Gasteiger partial charge is 0.493 e. The van der Waals surface area contributed by atoms with E-state index >= 15 is 0 Å². The van der Waals surface area contributed by atoms with Gasteiger partial charge in [-0.1, -0.05) is 23.2 Å². The molecule has 11 heteroatoms. The fourth-order valence-corrected chi connectivity index (χ4v) is 3.04. The van der Waals surface area contributed by atoms with Crippen molar-refractivity contribution in [2.45, 2.75) is 13.0 Å². The molecule has 0 spiro atoms. The molecule has 2 aromatic carbocycles. The van der Waals surface area contributed by atoms with Crippen LogP contribution >= 0.6 is 23.2 Å². The highest BCUT2D eigenvalue weighted by Crippen LogP contribution is 2.39. The van der Waals surface area contributed by atoms with Crippen molar-refractivity contribution in [2.75, 3.05) is 33.8 Å². The first-order valence-electron chi connectivity index (χ1n) is 8.80. The Kier molecular flexibility index (Phi) is 8.47. The number of benzene rings is 2. The Balaban J connectivity index is 2.30. The van der Waals surface area contributed by atoms with Crippen molar-refractivity contribution in [2.24, 2.45) is 10.2 Å². The number of ketones is 1. The number of hydrogen-bond acceptors (Lipinski definition) is 8. The van der Waals surface area contributed by atoms with Crippen LogP contribution in [0.4, 0.5) is 11.4 Å². The van der Waals surface area contributed by atoms with Crippen molar-refractivity contribution in [1.82, 2.24) is 0 Å². The quantitative estimate of drug-likeness (QED) is 0.420. The Hall–Kier alpha value is -3.04. The van der Waals surface area contributed by atoms with Crippen LogP contribution in [0.5, 0.6) is 23.0 Å². The molecule has 0 radical (unpaired) electrons. The van der Waals surface area contributed by atoms with Crippen LogP contribution in [-0.2, 0) is 9.59 Å². The summed E-state index contributed by atoms with van der Waals surface area (Å²) >= 11 is 12.3. The van der Waals surface area contributed by atoms with E-state index in [4.69, 9.17) is 42.1 Å². The number of azo groups is 1. The molecule has 1 atom stereocenters. The highest BCUT2D eigenvalue weighted by Gasteiger charge is 2.25. The summed E-state index contributed by atoms with van der Waals surface area (Å²) in [7, 11) is 5.78. The molecule has 0 saturated carbocycles.